The van der Waals surface area contributed by atoms with E-state index in [-0.39, 0.29) is 24.8 Å². The van der Waals surface area contributed by atoms with Gasteiger partial charge in [-0.1, -0.05) is 27.7 Å². The van der Waals surface area contributed by atoms with E-state index >= 15 is 0 Å². The first-order chi connectivity index (χ1) is 14.8. The molecular formula is C21H36N4O7. The zero-order valence-corrected chi connectivity index (χ0v) is 19.2. The van der Waals surface area contributed by atoms with E-state index in [9.17, 15) is 34.2 Å². The maximum absolute atomic E-state index is 13.1. The highest BCUT2D eigenvalue weighted by Crippen LogP contribution is 2.20. The van der Waals surface area contributed by atoms with Gasteiger partial charge in [0.2, 0.25) is 17.7 Å². The summed E-state index contributed by atoms with van der Waals surface area (Å²) in [7, 11) is 0. The van der Waals surface area contributed by atoms with Gasteiger partial charge in [-0.3, -0.25) is 19.2 Å². The number of amides is 3. The van der Waals surface area contributed by atoms with Crippen LogP contribution < -0.4 is 16.4 Å². The molecule has 11 heteroatoms. The van der Waals surface area contributed by atoms with Crippen molar-refractivity contribution in [2.24, 2.45) is 17.6 Å². The number of likely N-dealkylation sites (tertiary alicyclic amines) is 1. The summed E-state index contributed by atoms with van der Waals surface area (Å²) in [6.07, 6.45) is 0.738. The third-order valence-electron chi connectivity index (χ3n) is 5.22. The first-order valence-electron chi connectivity index (χ1n) is 10.9. The Morgan fingerprint density at radius 2 is 1.56 bits per heavy atom. The summed E-state index contributed by atoms with van der Waals surface area (Å²) >= 11 is 0. The van der Waals surface area contributed by atoms with Gasteiger partial charge in [0, 0.05) is 6.54 Å². The highest BCUT2D eigenvalue weighted by molar-refractivity contribution is 5.96. The lowest BCUT2D eigenvalue weighted by Crippen LogP contribution is -2.57. The van der Waals surface area contributed by atoms with Gasteiger partial charge in [-0.15, -0.1) is 0 Å². The van der Waals surface area contributed by atoms with Gasteiger partial charge in [-0.05, 0) is 37.5 Å². The van der Waals surface area contributed by atoms with Gasteiger partial charge < -0.3 is 31.5 Å². The number of carboxylic acid groups (broad SMARTS) is 2. The van der Waals surface area contributed by atoms with E-state index in [0.29, 0.717) is 19.3 Å². The van der Waals surface area contributed by atoms with Crippen LogP contribution in [0.4, 0.5) is 0 Å². The third-order valence-corrected chi connectivity index (χ3v) is 5.22. The summed E-state index contributed by atoms with van der Waals surface area (Å²) in [6.45, 7) is 7.62. The Bertz CT molecular complexity index is 710. The van der Waals surface area contributed by atoms with Gasteiger partial charge in [0.15, 0.2) is 0 Å². The van der Waals surface area contributed by atoms with Gasteiger partial charge in [0.1, 0.15) is 18.1 Å². The molecule has 3 amide bonds. The van der Waals surface area contributed by atoms with Crippen molar-refractivity contribution < 1.29 is 34.2 Å². The Kier molecular flexibility index (Phi) is 10.6. The molecule has 1 aliphatic rings. The van der Waals surface area contributed by atoms with Gasteiger partial charge in [-0.25, -0.2) is 4.79 Å². The van der Waals surface area contributed by atoms with Crippen LogP contribution in [0.25, 0.3) is 0 Å². The lowest BCUT2D eigenvalue weighted by atomic mass is 10.0. The topological polar surface area (TPSA) is 179 Å². The summed E-state index contributed by atoms with van der Waals surface area (Å²) in [5.74, 6) is -4.25. The molecule has 1 aliphatic heterocycles. The summed E-state index contributed by atoms with van der Waals surface area (Å²) in [4.78, 5) is 62.2. The van der Waals surface area contributed by atoms with E-state index < -0.39 is 60.2 Å². The minimum absolute atomic E-state index is 0.0305. The number of hydrogen-bond acceptors (Lipinski definition) is 6. The molecule has 182 valence electrons. The summed E-state index contributed by atoms with van der Waals surface area (Å²) in [6, 6.07) is -4.31. The summed E-state index contributed by atoms with van der Waals surface area (Å²) < 4.78 is 0. The number of hydrogen-bond donors (Lipinski definition) is 5. The van der Waals surface area contributed by atoms with Gasteiger partial charge in [0.05, 0.1) is 12.5 Å². The second-order valence-corrected chi connectivity index (χ2v) is 9.11. The Hall–Kier alpha value is -2.69. The Morgan fingerprint density at radius 1 is 0.969 bits per heavy atom. The smallest absolute Gasteiger partial charge is 0.326 e. The van der Waals surface area contributed by atoms with Crippen LogP contribution in [0.1, 0.15) is 59.8 Å². The molecule has 0 aromatic carbocycles. The number of carboxylic acids is 2. The molecule has 0 radical (unpaired) electrons. The fourth-order valence-electron chi connectivity index (χ4n) is 3.73. The van der Waals surface area contributed by atoms with Gasteiger partial charge >= 0.3 is 11.9 Å². The van der Waals surface area contributed by atoms with Crippen LogP contribution in [0.3, 0.4) is 0 Å². The zero-order valence-electron chi connectivity index (χ0n) is 19.2. The minimum Gasteiger partial charge on any atom is -0.481 e. The third kappa shape index (κ3) is 8.45. The Balaban J connectivity index is 2.95. The van der Waals surface area contributed by atoms with Crippen LogP contribution in [-0.4, -0.2) is 75.5 Å². The predicted molar refractivity (Wildman–Crippen MR) is 115 cm³/mol. The largest absolute Gasteiger partial charge is 0.481 e. The van der Waals surface area contributed by atoms with Crippen LogP contribution in [0.5, 0.6) is 0 Å². The van der Waals surface area contributed by atoms with Crippen LogP contribution in [-0.2, 0) is 24.0 Å². The van der Waals surface area contributed by atoms with E-state index in [1.807, 2.05) is 27.7 Å². The van der Waals surface area contributed by atoms with Crippen molar-refractivity contribution in [2.75, 3.05) is 6.54 Å². The fraction of sp³-hybridized carbons (Fsp3) is 0.762. The fourth-order valence-corrected chi connectivity index (χ4v) is 3.73. The van der Waals surface area contributed by atoms with E-state index in [1.165, 1.54) is 4.90 Å². The molecule has 1 rings (SSSR count). The van der Waals surface area contributed by atoms with E-state index in [2.05, 4.69) is 10.6 Å². The monoisotopic (exact) mass is 456 g/mol. The van der Waals surface area contributed by atoms with Crippen molar-refractivity contribution in [1.29, 1.82) is 0 Å². The summed E-state index contributed by atoms with van der Waals surface area (Å²) in [5.41, 5.74) is 5.85. The van der Waals surface area contributed by atoms with E-state index in [1.54, 1.807) is 0 Å². The van der Waals surface area contributed by atoms with Crippen LogP contribution in [0.2, 0.25) is 0 Å². The highest BCUT2D eigenvalue weighted by Gasteiger charge is 2.39. The zero-order chi connectivity index (χ0) is 24.6. The standard InChI is InChI=1S/C21H36N4O7/c1-11(2)8-13(22)18(28)23-14(10-17(26)27)20(30)25-7-5-6-16(25)19(29)24-15(21(31)32)9-12(3)4/h11-16H,5-10,22H2,1-4H3,(H,23,28)(H,24,29)(H,26,27)(H,31,32). The molecular weight excluding hydrogens is 420 g/mol. The van der Waals surface area contributed by atoms with E-state index in [4.69, 9.17) is 5.73 Å². The van der Waals surface area contributed by atoms with Crippen LogP contribution in [0, 0.1) is 11.8 Å². The molecule has 0 saturated carbocycles. The van der Waals surface area contributed by atoms with Crippen molar-refractivity contribution in [3.05, 3.63) is 0 Å². The molecule has 4 atom stereocenters. The average molecular weight is 457 g/mol. The first kappa shape index (κ1) is 27.3. The van der Waals surface area contributed by atoms with Gasteiger partial charge in [0.25, 0.3) is 0 Å². The van der Waals surface area contributed by atoms with Crippen molar-refractivity contribution in [3.63, 3.8) is 0 Å². The number of nitrogens with two attached hydrogens (primary N) is 1. The van der Waals surface area contributed by atoms with Crippen molar-refractivity contribution in [3.8, 4) is 0 Å². The lowest BCUT2D eigenvalue weighted by Gasteiger charge is -2.29. The number of carbonyl (C=O) groups is 5. The molecule has 0 aromatic heterocycles. The Morgan fingerprint density at radius 3 is 2.06 bits per heavy atom. The maximum atomic E-state index is 13.1. The Labute approximate surface area is 188 Å². The number of rotatable bonds is 12. The second-order valence-electron chi connectivity index (χ2n) is 9.11. The minimum atomic E-state index is -1.38. The normalized spacial score (nSPS) is 18.8. The summed E-state index contributed by atoms with van der Waals surface area (Å²) in [5, 5.41) is 23.5. The molecule has 0 aliphatic carbocycles. The SMILES string of the molecule is CC(C)CC(N)C(=O)NC(CC(=O)O)C(=O)N1CCCC1C(=O)NC(CC(C)C)C(=O)O. The first-order valence-corrected chi connectivity index (χ1v) is 10.9. The molecule has 11 nitrogen and oxygen atoms in total. The number of nitrogens with zero attached hydrogens (tertiary/aromatic N) is 1. The van der Waals surface area contributed by atoms with Crippen LogP contribution in [0.15, 0.2) is 0 Å². The molecule has 6 N–H and O–H groups in total. The molecule has 32 heavy (non-hydrogen) atoms. The molecule has 1 heterocycles. The maximum Gasteiger partial charge on any atom is 0.326 e. The molecule has 0 bridgehead atoms. The molecule has 1 fully saturated rings. The molecule has 1 saturated heterocycles. The molecule has 0 aromatic rings. The van der Waals surface area contributed by atoms with Crippen molar-refractivity contribution in [1.82, 2.24) is 15.5 Å². The van der Waals surface area contributed by atoms with Gasteiger partial charge in [-0.2, -0.15) is 0 Å². The highest BCUT2D eigenvalue weighted by atomic mass is 16.4. The average Bonchev–Trinajstić information content (AvgIpc) is 3.14. The van der Waals surface area contributed by atoms with Crippen LogP contribution >= 0.6 is 0 Å². The van der Waals surface area contributed by atoms with Crippen molar-refractivity contribution >= 4 is 29.7 Å². The molecule has 4 unspecified atom stereocenters. The number of carbonyl (C=O) groups excluding carboxylic acids is 3. The second kappa shape index (κ2) is 12.4. The number of nitrogens with one attached hydrogen (secondary N) is 2. The number of aliphatic carboxylic acids is 2. The lowest BCUT2D eigenvalue weighted by molar-refractivity contribution is -0.147. The van der Waals surface area contributed by atoms with E-state index in [0.717, 1.165) is 0 Å². The predicted octanol–water partition coefficient (Wildman–Crippen LogP) is -0.0742. The quantitative estimate of drug-likeness (QED) is 0.270. The molecule has 0 spiro atoms. The van der Waals surface area contributed by atoms with Crippen molar-refractivity contribution in [2.45, 2.75) is 84.0 Å².